The normalized spacial score (nSPS) is 19.4. The Kier molecular flexibility index (Phi) is 9.07. The Morgan fingerprint density at radius 1 is 0.773 bits per heavy atom. The summed E-state index contributed by atoms with van der Waals surface area (Å²) >= 11 is -0.466. The second-order valence-corrected chi connectivity index (χ2v) is 10.3. The highest BCUT2D eigenvalue weighted by molar-refractivity contribution is 8.01. The van der Waals surface area contributed by atoms with E-state index in [1.165, 1.54) is 0 Å². The third-order valence-corrected chi connectivity index (χ3v) is 7.70. The van der Waals surface area contributed by atoms with E-state index >= 15 is 0 Å². The zero-order chi connectivity index (χ0) is 34.9. The van der Waals surface area contributed by atoms with Crippen LogP contribution in [-0.2, 0) is 19.1 Å². The molecule has 1 atom stereocenters. The first-order valence-corrected chi connectivity index (χ1v) is 11.9. The predicted octanol–water partition coefficient (Wildman–Crippen LogP) is 7.30. The van der Waals surface area contributed by atoms with Gasteiger partial charge in [-0.2, -0.15) is 74.6 Å². The lowest BCUT2D eigenvalue weighted by molar-refractivity contribution is -0.461. The van der Waals surface area contributed by atoms with E-state index in [9.17, 15) is 88.6 Å². The minimum absolute atomic E-state index is 0.309. The number of ether oxygens (including phenoxy) is 1. The minimum atomic E-state index is -8.76. The quantitative estimate of drug-likeness (QED) is 0.138. The molecule has 0 aliphatic carbocycles. The molecule has 1 heterocycles. The number of esters is 1. The third-order valence-electron chi connectivity index (χ3n) is 6.30. The number of rotatable bonds is 11. The van der Waals surface area contributed by atoms with Crippen molar-refractivity contribution in [1.82, 2.24) is 0 Å². The smallest absolute Gasteiger partial charge is 0.460 e. The number of carbonyl (C=O) groups excluding carboxylic acids is 2. The Bertz CT molecular complexity index is 1300. The fraction of sp³-hybridized carbons (Fsp3) is 0.619. The number of fused-ring (bicyclic) bond motifs is 1. The summed E-state index contributed by atoms with van der Waals surface area (Å²) in [6.07, 6.45) is -10.8. The van der Waals surface area contributed by atoms with E-state index in [4.69, 9.17) is 0 Å². The predicted molar refractivity (Wildman–Crippen MR) is 111 cm³/mol. The Morgan fingerprint density at radius 2 is 1.20 bits per heavy atom. The number of likely N-dealkylation sites (N-methyl/N-ethyl adjacent to an activating group) is 1. The monoisotopic (exact) mass is 701 g/mol. The minimum Gasteiger partial charge on any atom is -0.467 e. The third kappa shape index (κ3) is 4.81. The van der Waals surface area contributed by atoms with E-state index in [1.54, 1.807) is 0 Å². The lowest BCUT2D eigenvalue weighted by Gasteiger charge is -2.42. The maximum absolute atomic E-state index is 14.3. The first-order chi connectivity index (χ1) is 19.4. The molecule has 0 spiro atoms. The molecule has 0 saturated carbocycles. The van der Waals surface area contributed by atoms with Gasteiger partial charge in [-0.05, 0) is 18.2 Å². The van der Waals surface area contributed by atoms with Crippen LogP contribution < -0.4 is 4.90 Å². The van der Waals surface area contributed by atoms with Gasteiger partial charge in [0.05, 0.1) is 7.11 Å². The molecule has 44 heavy (non-hydrogen) atoms. The Hall–Kier alpha value is -2.75. The molecule has 1 aliphatic rings. The number of thioether (sulfide) groups is 1. The highest BCUT2D eigenvalue weighted by Gasteiger charge is 2.95. The zero-order valence-electron chi connectivity index (χ0n) is 21.0. The van der Waals surface area contributed by atoms with E-state index < -0.39 is 99.6 Å². The van der Waals surface area contributed by atoms with Gasteiger partial charge in [0, 0.05) is 30.5 Å². The summed E-state index contributed by atoms with van der Waals surface area (Å²) in [7, 11) is 1.51. The van der Waals surface area contributed by atoms with Gasteiger partial charge in [0.25, 0.3) is 5.91 Å². The zero-order valence-corrected chi connectivity index (χ0v) is 21.8. The van der Waals surface area contributed by atoms with E-state index in [0.29, 0.717) is 18.1 Å². The van der Waals surface area contributed by atoms with Gasteiger partial charge in [-0.15, -0.1) is 11.8 Å². The molecule has 1 unspecified atom stereocenters. The summed E-state index contributed by atoms with van der Waals surface area (Å²) in [5, 5.41) is 0. The highest BCUT2D eigenvalue weighted by Crippen LogP contribution is 2.64. The van der Waals surface area contributed by atoms with Crippen molar-refractivity contribution in [2.75, 3.05) is 24.8 Å². The summed E-state index contributed by atoms with van der Waals surface area (Å²) in [6.45, 7) is 0. The number of nitrogens with zero attached hydrogens (tertiary/aromatic N) is 1. The maximum Gasteiger partial charge on any atom is 0.460 e. The SMILES string of the molecule is COC(=O)C1(SCCC(F)(F)C(F)(F)C(F)(F)C(F)(F)C(F)(F)C(F)(F)C(F)(F)C(F)(F)F)C(=O)N(C)c2ccc(F)cc21. The van der Waals surface area contributed by atoms with Gasteiger partial charge in [-0.1, -0.05) is 0 Å². The van der Waals surface area contributed by atoms with Crippen molar-refractivity contribution in [3.63, 3.8) is 0 Å². The summed E-state index contributed by atoms with van der Waals surface area (Å²) < 4.78 is 244. The molecular weight excluding hydrogens is 688 g/mol. The van der Waals surface area contributed by atoms with Crippen LogP contribution in [0.1, 0.15) is 12.0 Å². The van der Waals surface area contributed by atoms with Gasteiger partial charge in [0.15, 0.2) is 0 Å². The average Bonchev–Trinajstić information content (AvgIpc) is 3.08. The number of methoxy groups -OCH3 is 1. The van der Waals surface area contributed by atoms with Crippen LogP contribution >= 0.6 is 11.8 Å². The molecule has 23 heteroatoms. The number of carbonyl (C=O) groups is 2. The van der Waals surface area contributed by atoms with E-state index in [2.05, 4.69) is 4.74 Å². The second kappa shape index (κ2) is 10.7. The molecule has 0 saturated heterocycles. The topological polar surface area (TPSA) is 46.6 Å². The van der Waals surface area contributed by atoms with Crippen LogP contribution in [0.5, 0.6) is 0 Å². The average molecular weight is 701 g/mol. The fourth-order valence-corrected chi connectivity index (χ4v) is 5.21. The van der Waals surface area contributed by atoms with Crippen LogP contribution in [0.4, 0.5) is 84.7 Å². The molecule has 252 valence electrons. The number of hydrogen-bond acceptors (Lipinski definition) is 4. The van der Waals surface area contributed by atoms with E-state index in [1.807, 2.05) is 0 Å². The lowest BCUT2D eigenvalue weighted by Crippen LogP contribution is -2.74. The van der Waals surface area contributed by atoms with Crippen LogP contribution in [0, 0.1) is 5.82 Å². The number of alkyl halides is 17. The first kappa shape index (κ1) is 37.4. The molecule has 0 aromatic heterocycles. The number of anilines is 1. The molecule has 1 aromatic rings. The van der Waals surface area contributed by atoms with Crippen molar-refractivity contribution in [3.05, 3.63) is 29.6 Å². The Morgan fingerprint density at radius 3 is 1.64 bits per heavy atom. The maximum atomic E-state index is 14.3. The van der Waals surface area contributed by atoms with Crippen molar-refractivity contribution >= 4 is 29.3 Å². The molecule has 2 rings (SSSR count). The lowest BCUT2D eigenvalue weighted by atomic mass is 9.88. The van der Waals surface area contributed by atoms with Crippen molar-refractivity contribution in [1.29, 1.82) is 0 Å². The van der Waals surface area contributed by atoms with Crippen molar-refractivity contribution < 1.29 is 93.4 Å². The number of halogens is 18. The van der Waals surface area contributed by atoms with Gasteiger partial charge in [0.1, 0.15) is 5.82 Å². The molecule has 1 aromatic carbocycles. The Labute approximate surface area is 236 Å². The van der Waals surface area contributed by atoms with Crippen molar-refractivity contribution in [3.8, 4) is 0 Å². The van der Waals surface area contributed by atoms with Crippen LogP contribution in [0.3, 0.4) is 0 Å². The van der Waals surface area contributed by atoms with Gasteiger partial charge < -0.3 is 9.64 Å². The standard InChI is InChI=1S/C21H13F18NO3S/c1-40-10-4-3-8(22)7-9(10)14(11(40)41,12(42)43-2)44-6-5-13(23,24)15(25,26)16(27,28)17(29,30)18(31,32)19(33,34)20(35,36)21(37,38)39/h3-4,7H,5-6H2,1-2H3. The van der Waals surface area contributed by atoms with Gasteiger partial charge in [-0.3, -0.25) is 4.79 Å². The van der Waals surface area contributed by atoms with Crippen molar-refractivity contribution in [2.24, 2.45) is 0 Å². The van der Waals surface area contributed by atoms with E-state index in [-0.39, 0.29) is 5.69 Å². The van der Waals surface area contributed by atoms with Crippen LogP contribution in [0.2, 0.25) is 0 Å². The molecule has 4 nitrogen and oxygen atoms in total. The number of hydrogen-bond donors (Lipinski definition) is 0. The first-order valence-electron chi connectivity index (χ1n) is 10.9. The molecular formula is C21H13F18NO3S. The van der Waals surface area contributed by atoms with Crippen LogP contribution in [-0.4, -0.2) is 79.4 Å². The largest absolute Gasteiger partial charge is 0.467 e. The highest BCUT2D eigenvalue weighted by atomic mass is 32.2. The molecule has 0 radical (unpaired) electrons. The molecule has 0 fully saturated rings. The van der Waals surface area contributed by atoms with Crippen LogP contribution in [0.15, 0.2) is 18.2 Å². The Balaban J connectivity index is 2.51. The second-order valence-electron chi connectivity index (χ2n) is 8.95. The number of benzene rings is 1. The van der Waals surface area contributed by atoms with Gasteiger partial charge >= 0.3 is 53.6 Å². The molecule has 0 N–H and O–H groups in total. The summed E-state index contributed by atoms with van der Waals surface area (Å²) in [5.74, 6) is -63.7. The summed E-state index contributed by atoms with van der Waals surface area (Å²) in [6, 6.07) is 2.04. The van der Waals surface area contributed by atoms with Gasteiger partial charge in [-0.25, -0.2) is 9.18 Å². The summed E-state index contributed by atoms with van der Waals surface area (Å²) in [5.41, 5.74) is -0.988. The summed E-state index contributed by atoms with van der Waals surface area (Å²) in [4.78, 5) is 25.9. The molecule has 1 amide bonds. The molecule has 1 aliphatic heterocycles. The van der Waals surface area contributed by atoms with E-state index in [0.717, 1.165) is 19.2 Å². The van der Waals surface area contributed by atoms with Crippen LogP contribution in [0.25, 0.3) is 0 Å². The number of amides is 1. The van der Waals surface area contributed by atoms with Crippen molar-refractivity contribution in [2.45, 2.75) is 58.8 Å². The fourth-order valence-electron chi connectivity index (χ4n) is 3.77. The van der Waals surface area contributed by atoms with Gasteiger partial charge in [0.2, 0.25) is 4.75 Å². The molecule has 0 bridgehead atoms.